The fourth-order valence-electron chi connectivity index (χ4n) is 2.66. The molecule has 2 rings (SSSR count). The van der Waals surface area contributed by atoms with Crippen LogP contribution in [0.15, 0.2) is 42.5 Å². The van der Waals surface area contributed by atoms with E-state index in [-0.39, 0.29) is 16.9 Å². The number of nitrogens with one attached hydrogen (secondary N) is 1. The summed E-state index contributed by atoms with van der Waals surface area (Å²) in [6, 6.07) is 10.4. The van der Waals surface area contributed by atoms with Crippen LogP contribution in [0.3, 0.4) is 0 Å². The zero-order valence-electron chi connectivity index (χ0n) is 15.2. The molecule has 2 aromatic carbocycles. The molecule has 0 aliphatic rings. The first kappa shape index (κ1) is 20.5. The van der Waals surface area contributed by atoms with Crippen molar-refractivity contribution in [1.82, 2.24) is 5.32 Å². The first-order valence-electron chi connectivity index (χ1n) is 8.26. The molecule has 0 saturated heterocycles. The summed E-state index contributed by atoms with van der Waals surface area (Å²) in [6.45, 7) is 6.04. The number of hydrogen-bond acceptors (Lipinski definition) is 4. The molecule has 0 spiro atoms. The molecular weight excluding hydrogens is 372 g/mol. The Bertz CT molecular complexity index is 848. The monoisotopic (exact) mass is 392 g/mol. The van der Waals surface area contributed by atoms with Gasteiger partial charge in [0.15, 0.2) is 0 Å². The Morgan fingerprint density at radius 3 is 2.59 bits per heavy atom. The van der Waals surface area contributed by atoms with E-state index in [9.17, 15) is 14.9 Å². The van der Waals surface area contributed by atoms with Crippen LogP contribution in [-0.4, -0.2) is 16.1 Å². The predicted molar refractivity (Wildman–Crippen MR) is 103 cm³/mol. The van der Waals surface area contributed by atoms with Gasteiger partial charge < -0.3 is 15.2 Å². The summed E-state index contributed by atoms with van der Waals surface area (Å²) in [5.74, 6) is 0.368. The maximum atomic E-state index is 11.2. The molecule has 7 nitrogen and oxygen atoms in total. The Labute approximate surface area is 162 Å². The number of nitro benzene ring substituents is 1. The number of rotatable bonds is 6. The van der Waals surface area contributed by atoms with E-state index in [1.165, 1.54) is 18.2 Å². The van der Waals surface area contributed by atoms with Gasteiger partial charge in [0.1, 0.15) is 5.75 Å². The van der Waals surface area contributed by atoms with Gasteiger partial charge in [-0.1, -0.05) is 44.5 Å². The first-order chi connectivity index (χ1) is 12.5. The normalized spacial score (nSPS) is 12.3. The van der Waals surface area contributed by atoms with Gasteiger partial charge >= 0.3 is 11.8 Å². The highest BCUT2D eigenvalue weighted by Gasteiger charge is 2.23. The van der Waals surface area contributed by atoms with Crippen molar-refractivity contribution in [2.45, 2.75) is 33.2 Å². The van der Waals surface area contributed by atoms with Crippen LogP contribution >= 0.6 is 11.6 Å². The fourth-order valence-corrected chi connectivity index (χ4v) is 2.82. The number of nitro groups is 1. The second-order valence-electron chi connectivity index (χ2n) is 7.31. The van der Waals surface area contributed by atoms with Gasteiger partial charge in [-0.2, -0.15) is 0 Å². The van der Waals surface area contributed by atoms with Crippen molar-refractivity contribution in [3.63, 3.8) is 0 Å². The lowest BCUT2D eigenvalue weighted by atomic mass is 9.85. The van der Waals surface area contributed by atoms with Crippen LogP contribution in [-0.2, 0) is 0 Å². The highest BCUT2D eigenvalue weighted by Crippen LogP contribution is 2.36. The minimum Gasteiger partial charge on any atom is -0.465 e. The number of halogens is 1. The molecule has 0 aliphatic heterocycles. The maximum absolute atomic E-state index is 11.2. The lowest BCUT2D eigenvalue weighted by molar-refractivity contribution is -0.385. The second-order valence-corrected chi connectivity index (χ2v) is 7.75. The molecule has 0 bridgehead atoms. The molecule has 0 aliphatic carbocycles. The number of benzene rings is 2. The average molecular weight is 393 g/mol. The van der Waals surface area contributed by atoms with Crippen molar-refractivity contribution in [1.29, 1.82) is 0 Å². The third-order valence-electron chi connectivity index (χ3n) is 3.72. The summed E-state index contributed by atoms with van der Waals surface area (Å²) in [4.78, 5) is 21.8. The molecule has 2 N–H and O–H groups in total. The lowest BCUT2D eigenvalue weighted by Crippen LogP contribution is -2.29. The number of carboxylic acid groups (broad SMARTS) is 1. The highest BCUT2D eigenvalue weighted by molar-refractivity contribution is 6.30. The molecule has 2 aromatic rings. The molecule has 144 valence electrons. The van der Waals surface area contributed by atoms with E-state index in [2.05, 4.69) is 5.32 Å². The quantitative estimate of drug-likeness (QED) is 0.478. The predicted octanol–water partition coefficient (Wildman–Crippen LogP) is 5.79. The van der Waals surface area contributed by atoms with Gasteiger partial charge in [-0.25, -0.2) is 4.79 Å². The molecule has 8 heteroatoms. The maximum Gasteiger partial charge on any atom is 0.405 e. The largest absolute Gasteiger partial charge is 0.465 e. The van der Waals surface area contributed by atoms with Crippen LogP contribution in [0.4, 0.5) is 10.5 Å². The summed E-state index contributed by atoms with van der Waals surface area (Å²) in [7, 11) is 0. The summed E-state index contributed by atoms with van der Waals surface area (Å²) >= 11 is 5.92. The van der Waals surface area contributed by atoms with E-state index in [4.69, 9.17) is 21.4 Å². The average Bonchev–Trinajstić information content (AvgIpc) is 2.52. The summed E-state index contributed by atoms with van der Waals surface area (Å²) in [5, 5.41) is 23.2. The number of nitrogens with zero attached hydrogens (tertiary/aromatic N) is 1. The third kappa shape index (κ3) is 6.14. The molecule has 27 heavy (non-hydrogen) atoms. The highest BCUT2D eigenvalue weighted by atomic mass is 35.5. The minimum absolute atomic E-state index is 0.0169. The van der Waals surface area contributed by atoms with Crippen molar-refractivity contribution < 1.29 is 19.6 Å². The first-order valence-corrected chi connectivity index (χ1v) is 8.64. The standard InChI is InChI=1S/C19H21ClN2O5/c1-19(2,3)11-15(21-18(23)24)12-5-4-6-14(9-12)27-17-10-13(20)7-8-16(17)22(25)26/h4-10,15,21H,11H2,1-3H3,(H,23,24)/t15-/m1/s1. The molecule has 1 atom stereocenters. The van der Waals surface area contributed by atoms with Gasteiger partial charge in [0.05, 0.1) is 11.0 Å². The molecule has 0 fully saturated rings. The van der Waals surface area contributed by atoms with Crippen molar-refractivity contribution in [2.75, 3.05) is 0 Å². The molecule has 0 heterocycles. The van der Waals surface area contributed by atoms with Gasteiger partial charge in [-0.15, -0.1) is 0 Å². The smallest absolute Gasteiger partial charge is 0.405 e. The Hall–Kier alpha value is -2.80. The number of amides is 1. The molecule has 0 radical (unpaired) electrons. The Balaban J connectivity index is 2.35. The van der Waals surface area contributed by atoms with Crippen molar-refractivity contribution in [2.24, 2.45) is 5.41 Å². The topological polar surface area (TPSA) is 102 Å². The van der Waals surface area contributed by atoms with Gasteiger partial charge in [-0.05, 0) is 35.6 Å². The van der Waals surface area contributed by atoms with Gasteiger partial charge in [-0.3, -0.25) is 10.1 Å². The summed E-state index contributed by atoms with van der Waals surface area (Å²) in [5.41, 5.74) is 0.379. The Morgan fingerprint density at radius 1 is 1.30 bits per heavy atom. The molecule has 0 aromatic heterocycles. The van der Waals surface area contributed by atoms with Crippen LogP contribution in [0.5, 0.6) is 11.5 Å². The zero-order chi connectivity index (χ0) is 20.2. The van der Waals surface area contributed by atoms with Gasteiger partial charge in [0.2, 0.25) is 5.75 Å². The Kier molecular flexibility index (Phi) is 6.28. The molecule has 1 amide bonds. The van der Waals surface area contributed by atoms with Crippen LogP contribution in [0.2, 0.25) is 5.02 Å². The fraction of sp³-hybridized carbons (Fsp3) is 0.316. The van der Waals surface area contributed by atoms with E-state index < -0.39 is 17.1 Å². The van der Waals surface area contributed by atoms with Crippen LogP contribution in [0, 0.1) is 15.5 Å². The van der Waals surface area contributed by atoms with E-state index in [1.807, 2.05) is 20.8 Å². The lowest BCUT2D eigenvalue weighted by Gasteiger charge is -2.26. The van der Waals surface area contributed by atoms with E-state index in [0.29, 0.717) is 22.8 Å². The van der Waals surface area contributed by atoms with Gasteiger partial charge in [0.25, 0.3) is 0 Å². The zero-order valence-corrected chi connectivity index (χ0v) is 16.0. The number of hydrogen-bond donors (Lipinski definition) is 2. The summed E-state index contributed by atoms with van der Waals surface area (Å²) in [6.07, 6.45) is -0.555. The number of ether oxygens (including phenoxy) is 1. The number of carbonyl (C=O) groups is 1. The SMILES string of the molecule is CC(C)(C)C[C@@H](NC(=O)O)c1cccc(Oc2cc(Cl)ccc2[N+](=O)[O-])c1. The van der Waals surface area contributed by atoms with Crippen LogP contribution < -0.4 is 10.1 Å². The van der Waals surface area contributed by atoms with E-state index in [0.717, 1.165) is 0 Å². The van der Waals surface area contributed by atoms with Crippen LogP contribution in [0.25, 0.3) is 0 Å². The third-order valence-corrected chi connectivity index (χ3v) is 3.96. The molecular formula is C19H21ClN2O5. The van der Waals surface area contributed by atoms with Crippen molar-refractivity contribution in [3.8, 4) is 11.5 Å². The van der Waals surface area contributed by atoms with E-state index >= 15 is 0 Å². The van der Waals surface area contributed by atoms with Crippen molar-refractivity contribution in [3.05, 3.63) is 63.2 Å². The minimum atomic E-state index is -1.12. The van der Waals surface area contributed by atoms with Crippen molar-refractivity contribution >= 4 is 23.4 Å². The summed E-state index contributed by atoms with van der Waals surface area (Å²) < 4.78 is 5.68. The second kappa shape index (κ2) is 8.26. The van der Waals surface area contributed by atoms with Gasteiger partial charge in [0, 0.05) is 17.2 Å². The van der Waals surface area contributed by atoms with E-state index in [1.54, 1.807) is 24.3 Å². The molecule has 0 saturated carbocycles. The Morgan fingerprint density at radius 2 is 2.00 bits per heavy atom. The molecule has 0 unspecified atom stereocenters. The van der Waals surface area contributed by atoms with Crippen LogP contribution in [0.1, 0.15) is 38.8 Å².